The number of benzene rings is 2. The summed E-state index contributed by atoms with van der Waals surface area (Å²) >= 11 is 1.82. The van der Waals surface area contributed by atoms with Crippen molar-refractivity contribution in [2.45, 2.75) is 25.4 Å². The number of hydrogen-bond acceptors (Lipinski definition) is 4. The van der Waals surface area contributed by atoms with Crippen molar-refractivity contribution in [2.24, 2.45) is 5.73 Å². The van der Waals surface area contributed by atoms with Crippen LogP contribution in [0, 0.1) is 0 Å². The molecule has 1 heterocycles. The smallest absolute Gasteiger partial charge is 0.241 e. The summed E-state index contributed by atoms with van der Waals surface area (Å²) in [7, 11) is 0. The van der Waals surface area contributed by atoms with Gasteiger partial charge in [0.1, 0.15) is 0 Å². The number of thioether (sulfide) groups is 1. The van der Waals surface area contributed by atoms with Crippen LogP contribution in [0.2, 0.25) is 0 Å². The molecule has 0 unspecified atom stereocenters. The molecule has 0 saturated carbocycles. The zero-order valence-electron chi connectivity index (χ0n) is 16.0. The lowest BCUT2D eigenvalue weighted by atomic mass is 10.1. The summed E-state index contributed by atoms with van der Waals surface area (Å²) in [5, 5.41) is 2.89. The average Bonchev–Trinajstić information content (AvgIpc) is 3.15. The number of amides is 1. The number of aryl methyl sites for hydroxylation is 1. The highest BCUT2D eigenvalue weighted by molar-refractivity contribution is 7.98. The molecule has 0 aliphatic heterocycles. The monoisotopic (exact) mass is 394 g/mol. The fourth-order valence-corrected chi connectivity index (χ4v) is 3.36. The molecule has 1 atom stereocenters. The topological polar surface area (TPSA) is 72.9 Å². The normalized spacial score (nSPS) is 11.9. The molecule has 0 aliphatic rings. The van der Waals surface area contributed by atoms with Gasteiger partial charge in [0.15, 0.2) is 0 Å². The van der Waals surface area contributed by atoms with Crippen molar-refractivity contribution in [3.05, 3.63) is 83.9 Å². The molecule has 28 heavy (non-hydrogen) atoms. The van der Waals surface area contributed by atoms with Crippen LogP contribution >= 0.6 is 11.8 Å². The molecular formula is C22H26N4OS. The van der Waals surface area contributed by atoms with Gasteiger partial charge in [-0.3, -0.25) is 4.79 Å². The van der Waals surface area contributed by atoms with Gasteiger partial charge >= 0.3 is 0 Å². The van der Waals surface area contributed by atoms with Crippen LogP contribution in [-0.2, 0) is 24.2 Å². The van der Waals surface area contributed by atoms with Gasteiger partial charge in [-0.25, -0.2) is 4.98 Å². The molecule has 0 radical (unpaired) electrons. The summed E-state index contributed by atoms with van der Waals surface area (Å²) in [5.74, 6) is 0.891. The summed E-state index contributed by atoms with van der Waals surface area (Å²) in [6.45, 7) is 0.748. The second kappa shape index (κ2) is 10.1. The highest BCUT2D eigenvalue weighted by Gasteiger charge is 2.16. The van der Waals surface area contributed by atoms with Gasteiger partial charge in [-0.15, -0.1) is 0 Å². The third-order valence-corrected chi connectivity index (χ3v) is 5.09. The van der Waals surface area contributed by atoms with Crippen LogP contribution in [0.15, 0.2) is 67.1 Å². The third-order valence-electron chi connectivity index (χ3n) is 4.48. The largest absolute Gasteiger partial charge is 0.333 e. The standard InChI is InChI=1S/C22H26N4OS/c1-28-12-11-17-7-9-19(10-8-17)25-22(27)21(23)13-20-15-26(16-24-20)14-18-5-3-2-4-6-18/h2-10,15-16,21H,11-14,23H2,1H3,(H,25,27)/t21-/m0/s1. The third kappa shape index (κ3) is 5.97. The van der Waals surface area contributed by atoms with E-state index in [1.807, 2.05) is 65.0 Å². The molecule has 5 nitrogen and oxygen atoms in total. The van der Waals surface area contributed by atoms with Crippen LogP contribution in [0.4, 0.5) is 5.69 Å². The molecule has 6 heteroatoms. The number of hydrogen-bond donors (Lipinski definition) is 2. The van der Waals surface area contributed by atoms with Crippen LogP contribution in [0.25, 0.3) is 0 Å². The molecule has 3 N–H and O–H groups in total. The first kappa shape index (κ1) is 20.2. The molecule has 146 valence electrons. The number of nitrogens with zero attached hydrogens (tertiary/aromatic N) is 2. The number of aromatic nitrogens is 2. The Kier molecular flexibility index (Phi) is 7.28. The summed E-state index contributed by atoms with van der Waals surface area (Å²) in [6.07, 6.45) is 7.25. The molecule has 0 fully saturated rings. The van der Waals surface area contributed by atoms with E-state index in [1.165, 1.54) is 11.1 Å². The summed E-state index contributed by atoms with van der Waals surface area (Å²) in [5.41, 5.74) is 10.1. The summed E-state index contributed by atoms with van der Waals surface area (Å²) in [6, 6.07) is 17.5. The van der Waals surface area contributed by atoms with Gasteiger partial charge in [0, 0.05) is 24.8 Å². The lowest BCUT2D eigenvalue weighted by Crippen LogP contribution is -2.37. The minimum atomic E-state index is -0.642. The molecule has 1 aromatic heterocycles. The van der Waals surface area contributed by atoms with Gasteiger partial charge in [0.25, 0.3) is 0 Å². The van der Waals surface area contributed by atoms with Crippen molar-refractivity contribution in [1.82, 2.24) is 9.55 Å². The van der Waals surface area contributed by atoms with E-state index in [0.717, 1.165) is 30.1 Å². The van der Waals surface area contributed by atoms with E-state index in [2.05, 4.69) is 28.7 Å². The molecule has 2 aromatic carbocycles. The van der Waals surface area contributed by atoms with Crippen LogP contribution in [-0.4, -0.2) is 33.5 Å². The van der Waals surface area contributed by atoms with Gasteiger partial charge in [-0.2, -0.15) is 11.8 Å². The van der Waals surface area contributed by atoms with Crippen molar-refractivity contribution in [2.75, 3.05) is 17.3 Å². The zero-order chi connectivity index (χ0) is 19.8. The van der Waals surface area contributed by atoms with E-state index >= 15 is 0 Å². The number of nitrogens with one attached hydrogen (secondary N) is 1. The van der Waals surface area contributed by atoms with Gasteiger partial charge < -0.3 is 15.6 Å². The maximum Gasteiger partial charge on any atom is 0.241 e. The Morgan fingerprint density at radius 3 is 2.61 bits per heavy atom. The van der Waals surface area contributed by atoms with Crippen LogP contribution in [0.5, 0.6) is 0 Å². The quantitative estimate of drug-likeness (QED) is 0.584. The number of carbonyl (C=O) groups excluding carboxylic acids is 1. The lowest BCUT2D eigenvalue weighted by Gasteiger charge is -2.11. The van der Waals surface area contributed by atoms with Crippen LogP contribution in [0.1, 0.15) is 16.8 Å². The number of anilines is 1. The minimum Gasteiger partial charge on any atom is -0.333 e. The van der Waals surface area contributed by atoms with E-state index in [1.54, 1.807) is 6.33 Å². The summed E-state index contributed by atoms with van der Waals surface area (Å²) < 4.78 is 2.00. The van der Waals surface area contributed by atoms with Crippen molar-refractivity contribution in [1.29, 1.82) is 0 Å². The Morgan fingerprint density at radius 1 is 1.14 bits per heavy atom. The predicted octanol–water partition coefficient (Wildman–Crippen LogP) is 3.35. The highest BCUT2D eigenvalue weighted by Crippen LogP contribution is 2.12. The van der Waals surface area contributed by atoms with Gasteiger partial charge in [0.2, 0.25) is 5.91 Å². The molecule has 3 rings (SSSR count). The van der Waals surface area contributed by atoms with Gasteiger partial charge in [-0.1, -0.05) is 42.5 Å². The van der Waals surface area contributed by atoms with E-state index in [0.29, 0.717) is 6.42 Å². The minimum absolute atomic E-state index is 0.200. The Hall–Kier alpha value is -2.57. The first-order valence-corrected chi connectivity index (χ1v) is 10.7. The molecule has 0 saturated heterocycles. The molecular weight excluding hydrogens is 368 g/mol. The van der Waals surface area contributed by atoms with Gasteiger partial charge in [0.05, 0.1) is 18.1 Å². The Bertz CT molecular complexity index is 877. The van der Waals surface area contributed by atoms with E-state index in [4.69, 9.17) is 5.73 Å². The fraction of sp³-hybridized carbons (Fsp3) is 0.273. The number of carbonyl (C=O) groups is 1. The second-order valence-electron chi connectivity index (χ2n) is 6.76. The average molecular weight is 395 g/mol. The first-order chi connectivity index (χ1) is 13.6. The van der Waals surface area contributed by atoms with E-state index in [-0.39, 0.29) is 5.91 Å². The molecule has 0 spiro atoms. The van der Waals surface area contributed by atoms with E-state index in [9.17, 15) is 4.79 Å². The fourth-order valence-electron chi connectivity index (χ4n) is 2.92. The van der Waals surface area contributed by atoms with Crippen LogP contribution < -0.4 is 11.1 Å². The maximum atomic E-state index is 12.4. The molecule has 0 aliphatic carbocycles. The van der Waals surface area contributed by atoms with Crippen molar-refractivity contribution in [3.8, 4) is 0 Å². The van der Waals surface area contributed by atoms with Crippen molar-refractivity contribution >= 4 is 23.4 Å². The number of rotatable bonds is 9. The Morgan fingerprint density at radius 2 is 1.89 bits per heavy atom. The van der Waals surface area contributed by atoms with Gasteiger partial charge in [-0.05, 0) is 41.7 Å². The predicted molar refractivity (Wildman–Crippen MR) is 117 cm³/mol. The Balaban J connectivity index is 1.51. The van der Waals surface area contributed by atoms with Crippen LogP contribution in [0.3, 0.4) is 0 Å². The number of imidazole rings is 1. The van der Waals surface area contributed by atoms with Crippen molar-refractivity contribution < 1.29 is 4.79 Å². The second-order valence-corrected chi connectivity index (χ2v) is 7.75. The SMILES string of the molecule is CSCCc1ccc(NC(=O)[C@@H](N)Cc2cn(Cc3ccccc3)cn2)cc1. The number of nitrogens with two attached hydrogens (primary N) is 1. The highest BCUT2D eigenvalue weighted by atomic mass is 32.2. The zero-order valence-corrected chi connectivity index (χ0v) is 16.9. The lowest BCUT2D eigenvalue weighted by molar-refractivity contribution is -0.117. The molecule has 0 bridgehead atoms. The van der Waals surface area contributed by atoms with Crippen molar-refractivity contribution in [3.63, 3.8) is 0 Å². The maximum absolute atomic E-state index is 12.4. The summed E-state index contributed by atoms with van der Waals surface area (Å²) in [4.78, 5) is 16.8. The molecule has 1 amide bonds. The Labute approximate surface area is 170 Å². The first-order valence-electron chi connectivity index (χ1n) is 9.33. The molecule has 3 aromatic rings. The van der Waals surface area contributed by atoms with E-state index < -0.39 is 6.04 Å².